The molecule has 0 aromatic heterocycles. The summed E-state index contributed by atoms with van der Waals surface area (Å²) in [5, 5.41) is 0. The van der Waals surface area contributed by atoms with E-state index in [1.165, 1.54) is 7.11 Å². The molecule has 1 atom stereocenters. The van der Waals surface area contributed by atoms with E-state index in [1.807, 2.05) is 14.1 Å². The summed E-state index contributed by atoms with van der Waals surface area (Å²) in [6.45, 7) is 4.13. The molecule has 0 radical (unpaired) electrons. The number of carbonyl (C=O) groups excluding carboxylic acids is 1. The molecule has 0 aliphatic carbocycles. The molecular formula is C11H22N2O3. The standard InChI is InChI=1S/C11H22N2O3/c1-12(2)6-8-16-9-7-13-5-4-10(13)11(14)15-3/h10H,4-9H2,1-3H3. The molecule has 1 aliphatic heterocycles. The molecule has 0 spiro atoms. The molecule has 1 rings (SSSR count). The van der Waals surface area contributed by atoms with E-state index in [-0.39, 0.29) is 12.0 Å². The minimum Gasteiger partial charge on any atom is -0.468 e. The number of methoxy groups -OCH3 is 1. The van der Waals surface area contributed by atoms with Gasteiger partial charge in [0, 0.05) is 19.6 Å². The largest absolute Gasteiger partial charge is 0.468 e. The number of likely N-dealkylation sites (N-methyl/N-ethyl adjacent to an activating group) is 1. The zero-order valence-electron chi connectivity index (χ0n) is 10.4. The predicted molar refractivity (Wildman–Crippen MR) is 61.4 cm³/mol. The van der Waals surface area contributed by atoms with Crippen molar-refractivity contribution in [3.05, 3.63) is 0 Å². The van der Waals surface area contributed by atoms with Crippen molar-refractivity contribution in [3.63, 3.8) is 0 Å². The summed E-state index contributed by atoms with van der Waals surface area (Å²) in [5.74, 6) is -0.125. The summed E-state index contributed by atoms with van der Waals surface area (Å²) in [6.07, 6.45) is 0.907. The summed E-state index contributed by atoms with van der Waals surface area (Å²) in [7, 11) is 5.48. The molecular weight excluding hydrogens is 208 g/mol. The molecule has 1 heterocycles. The maximum Gasteiger partial charge on any atom is 0.323 e. The number of carbonyl (C=O) groups is 1. The Balaban J connectivity index is 2.03. The highest BCUT2D eigenvalue weighted by atomic mass is 16.5. The van der Waals surface area contributed by atoms with E-state index in [2.05, 4.69) is 9.80 Å². The van der Waals surface area contributed by atoms with Gasteiger partial charge >= 0.3 is 5.97 Å². The van der Waals surface area contributed by atoms with Gasteiger partial charge in [0.2, 0.25) is 0 Å². The van der Waals surface area contributed by atoms with Crippen molar-refractivity contribution in [1.29, 1.82) is 0 Å². The average Bonchev–Trinajstić information content (AvgIpc) is 2.20. The number of likely N-dealkylation sites (tertiary alicyclic amines) is 1. The molecule has 0 aromatic rings. The third-order valence-electron chi connectivity index (χ3n) is 2.81. The van der Waals surface area contributed by atoms with Gasteiger partial charge in [0.05, 0.1) is 20.3 Å². The number of hydrogen-bond acceptors (Lipinski definition) is 5. The monoisotopic (exact) mass is 230 g/mol. The number of nitrogens with zero attached hydrogens (tertiary/aromatic N) is 2. The molecule has 5 nitrogen and oxygen atoms in total. The quantitative estimate of drug-likeness (QED) is 0.448. The van der Waals surface area contributed by atoms with Crippen LogP contribution in [0, 0.1) is 0 Å². The second-order valence-electron chi connectivity index (χ2n) is 4.28. The van der Waals surface area contributed by atoms with Crippen LogP contribution >= 0.6 is 0 Å². The third-order valence-corrected chi connectivity index (χ3v) is 2.81. The maximum atomic E-state index is 11.3. The molecule has 1 fully saturated rings. The Bertz CT molecular complexity index is 221. The zero-order chi connectivity index (χ0) is 12.0. The fraction of sp³-hybridized carbons (Fsp3) is 0.909. The van der Waals surface area contributed by atoms with E-state index in [0.717, 1.165) is 32.7 Å². The van der Waals surface area contributed by atoms with E-state index in [0.29, 0.717) is 6.61 Å². The molecule has 0 saturated carbocycles. The summed E-state index contributed by atoms with van der Waals surface area (Å²) >= 11 is 0. The van der Waals surface area contributed by atoms with Crippen LogP contribution in [0.2, 0.25) is 0 Å². The van der Waals surface area contributed by atoms with E-state index < -0.39 is 0 Å². The van der Waals surface area contributed by atoms with Gasteiger partial charge in [-0.1, -0.05) is 0 Å². The molecule has 0 bridgehead atoms. The van der Waals surface area contributed by atoms with Gasteiger partial charge in [-0.05, 0) is 20.5 Å². The Morgan fingerprint density at radius 1 is 1.44 bits per heavy atom. The van der Waals surface area contributed by atoms with E-state index in [1.54, 1.807) is 0 Å². The first-order valence-corrected chi connectivity index (χ1v) is 5.69. The van der Waals surface area contributed by atoms with Crippen LogP contribution in [0.5, 0.6) is 0 Å². The van der Waals surface area contributed by atoms with Gasteiger partial charge in [-0.15, -0.1) is 0 Å². The van der Waals surface area contributed by atoms with Crippen molar-refractivity contribution < 1.29 is 14.3 Å². The summed E-state index contributed by atoms with van der Waals surface area (Å²) in [4.78, 5) is 15.5. The Labute approximate surface area is 97.3 Å². The van der Waals surface area contributed by atoms with Crippen LogP contribution in [0.4, 0.5) is 0 Å². The molecule has 5 heteroatoms. The second-order valence-corrected chi connectivity index (χ2v) is 4.28. The first-order chi connectivity index (χ1) is 7.65. The first-order valence-electron chi connectivity index (χ1n) is 5.69. The number of ether oxygens (including phenoxy) is 2. The number of hydrogen-bond donors (Lipinski definition) is 0. The Morgan fingerprint density at radius 2 is 2.19 bits per heavy atom. The van der Waals surface area contributed by atoms with Gasteiger partial charge < -0.3 is 14.4 Å². The number of rotatable bonds is 7. The Kier molecular flexibility index (Phi) is 5.73. The molecule has 1 saturated heterocycles. The lowest BCUT2D eigenvalue weighted by molar-refractivity contribution is -0.152. The molecule has 1 aliphatic rings. The number of esters is 1. The molecule has 1 unspecified atom stereocenters. The van der Waals surface area contributed by atoms with Gasteiger partial charge in [-0.3, -0.25) is 9.69 Å². The zero-order valence-corrected chi connectivity index (χ0v) is 10.4. The lowest BCUT2D eigenvalue weighted by Gasteiger charge is -2.38. The Morgan fingerprint density at radius 3 is 2.69 bits per heavy atom. The van der Waals surface area contributed by atoms with Crippen LogP contribution in [0.25, 0.3) is 0 Å². The smallest absolute Gasteiger partial charge is 0.323 e. The first kappa shape index (κ1) is 13.4. The van der Waals surface area contributed by atoms with Gasteiger partial charge in [0.25, 0.3) is 0 Å². The highest BCUT2D eigenvalue weighted by molar-refractivity contribution is 5.76. The van der Waals surface area contributed by atoms with Crippen molar-refractivity contribution >= 4 is 5.97 Å². The van der Waals surface area contributed by atoms with Crippen LogP contribution in [0.15, 0.2) is 0 Å². The highest BCUT2D eigenvalue weighted by Gasteiger charge is 2.34. The van der Waals surface area contributed by atoms with Crippen molar-refractivity contribution in [2.24, 2.45) is 0 Å². The topological polar surface area (TPSA) is 42.0 Å². The lowest BCUT2D eigenvalue weighted by Crippen LogP contribution is -2.53. The predicted octanol–water partition coefficient (Wildman–Crippen LogP) is -0.188. The van der Waals surface area contributed by atoms with E-state index >= 15 is 0 Å². The third kappa shape index (κ3) is 4.08. The Hall–Kier alpha value is -0.650. The fourth-order valence-corrected chi connectivity index (χ4v) is 1.64. The minimum atomic E-state index is -0.125. The molecule has 0 aromatic carbocycles. The maximum absolute atomic E-state index is 11.3. The van der Waals surface area contributed by atoms with Crippen molar-refractivity contribution in [2.75, 3.05) is 54.1 Å². The molecule has 94 valence electrons. The second kappa shape index (κ2) is 6.83. The molecule has 0 N–H and O–H groups in total. The van der Waals surface area contributed by atoms with Crippen LogP contribution in [-0.4, -0.2) is 75.9 Å². The summed E-state index contributed by atoms with van der Waals surface area (Å²) in [6, 6.07) is -0.0394. The summed E-state index contributed by atoms with van der Waals surface area (Å²) < 4.78 is 10.2. The lowest BCUT2D eigenvalue weighted by atomic mass is 10.0. The average molecular weight is 230 g/mol. The van der Waals surface area contributed by atoms with Crippen LogP contribution in [-0.2, 0) is 14.3 Å². The van der Waals surface area contributed by atoms with Gasteiger partial charge in [0.15, 0.2) is 0 Å². The van der Waals surface area contributed by atoms with Crippen molar-refractivity contribution in [3.8, 4) is 0 Å². The van der Waals surface area contributed by atoms with Gasteiger partial charge in [-0.2, -0.15) is 0 Å². The minimum absolute atomic E-state index is 0.0394. The van der Waals surface area contributed by atoms with Crippen LogP contribution in [0.3, 0.4) is 0 Å². The van der Waals surface area contributed by atoms with E-state index in [4.69, 9.17) is 9.47 Å². The summed E-state index contributed by atoms with van der Waals surface area (Å²) in [5.41, 5.74) is 0. The molecule has 16 heavy (non-hydrogen) atoms. The van der Waals surface area contributed by atoms with Crippen molar-refractivity contribution in [1.82, 2.24) is 9.80 Å². The fourth-order valence-electron chi connectivity index (χ4n) is 1.64. The SMILES string of the molecule is COC(=O)C1CCN1CCOCCN(C)C. The van der Waals surface area contributed by atoms with E-state index in [9.17, 15) is 4.79 Å². The van der Waals surface area contributed by atoms with Gasteiger partial charge in [-0.25, -0.2) is 0 Å². The molecule has 0 amide bonds. The van der Waals surface area contributed by atoms with Gasteiger partial charge in [0.1, 0.15) is 6.04 Å². The van der Waals surface area contributed by atoms with Crippen LogP contribution in [0.1, 0.15) is 6.42 Å². The van der Waals surface area contributed by atoms with Crippen LogP contribution < -0.4 is 0 Å². The highest BCUT2D eigenvalue weighted by Crippen LogP contribution is 2.17. The van der Waals surface area contributed by atoms with Crippen molar-refractivity contribution in [2.45, 2.75) is 12.5 Å². The normalized spacial score (nSPS) is 20.9.